The number of ether oxygens (including phenoxy) is 3. The van der Waals surface area contributed by atoms with Crippen LogP contribution in [-0.4, -0.2) is 75.1 Å². The topological polar surface area (TPSA) is 90.0 Å². The first-order valence-electron chi connectivity index (χ1n) is 9.32. The Labute approximate surface area is 184 Å². The van der Waals surface area contributed by atoms with Gasteiger partial charge in [-0.1, -0.05) is 11.8 Å². The molecule has 0 bridgehead atoms. The Balaban J connectivity index is 1.81. The number of thioether (sulfide) groups is 1. The zero-order chi connectivity index (χ0) is 21.8. The van der Waals surface area contributed by atoms with Gasteiger partial charge in [-0.05, 0) is 24.3 Å². The van der Waals surface area contributed by atoms with Crippen LogP contribution >= 0.6 is 23.1 Å². The molecule has 0 saturated carbocycles. The molecule has 164 valence electrons. The molecule has 10 heteroatoms. The lowest BCUT2D eigenvalue weighted by Crippen LogP contribution is -2.37. The van der Waals surface area contributed by atoms with Gasteiger partial charge in [0, 0.05) is 38.4 Å². The number of thiazole rings is 1. The Morgan fingerprint density at radius 2 is 1.77 bits per heavy atom. The van der Waals surface area contributed by atoms with E-state index < -0.39 is 0 Å². The standard InChI is InChI=1S/C20H27N3O5S2/c1-26-10-8-23(9-11-27-2)19(25)12-16-13-29-20(22-16)30-14-18(24)21-15-4-6-17(28-3)7-5-15/h4-7,13H,8-12,14H2,1-3H3,(H,21,24). The summed E-state index contributed by atoms with van der Waals surface area (Å²) in [5.41, 5.74) is 1.40. The van der Waals surface area contributed by atoms with E-state index in [4.69, 9.17) is 14.2 Å². The molecule has 0 aliphatic heterocycles. The molecule has 1 heterocycles. The maximum absolute atomic E-state index is 12.5. The van der Waals surface area contributed by atoms with Gasteiger partial charge >= 0.3 is 0 Å². The van der Waals surface area contributed by atoms with Gasteiger partial charge in [-0.2, -0.15) is 0 Å². The molecule has 1 aromatic carbocycles. The molecule has 0 spiro atoms. The molecule has 2 rings (SSSR count). The predicted molar refractivity (Wildman–Crippen MR) is 118 cm³/mol. The van der Waals surface area contributed by atoms with Crippen molar-refractivity contribution < 1.29 is 23.8 Å². The Hall–Kier alpha value is -2.14. The van der Waals surface area contributed by atoms with Crippen LogP contribution < -0.4 is 10.1 Å². The highest BCUT2D eigenvalue weighted by molar-refractivity contribution is 8.01. The summed E-state index contributed by atoms with van der Waals surface area (Å²) < 4.78 is 16.0. The number of nitrogens with zero attached hydrogens (tertiary/aromatic N) is 2. The van der Waals surface area contributed by atoms with Crippen LogP contribution in [0.2, 0.25) is 0 Å². The maximum Gasteiger partial charge on any atom is 0.234 e. The first-order valence-corrected chi connectivity index (χ1v) is 11.2. The van der Waals surface area contributed by atoms with E-state index in [0.29, 0.717) is 37.7 Å². The van der Waals surface area contributed by atoms with Crippen LogP contribution in [0.3, 0.4) is 0 Å². The SMILES string of the molecule is COCCN(CCOC)C(=O)Cc1csc(SCC(=O)Nc2ccc(OC)cc2)n1. The zero-order valence-electron chi connectivity index (χ0n) is 17.4. The smallest absolute Gasteiger partial charge is 0.234 e. The van der Waals surface area contributed by atoms with Gasteiger partial charge in [0.25, 0.3) is 0 Å². The van der Waals surface area contributed by atoms with E-state index in [1.807, 2.05) is 5.38 Å². The molecule has 0 aliphatic carbocycles. The third-order valence-electron chi connectivity index (χ3n) is 4.05. The Morgan fingerprint density at radius 1 is 1.10 bits per heavy atom. The van der Waals surface area contributed by atoms with Crippen molar-refractivity contribution in [3.63, 3.8) is 0 Å². The van der Waals surface area contributed by atoms with E-state index in [2.05, 4.69) is 10.3 Å². The van der Waals surface area contributed by atoms with Crippen molar-refractivity contribution in [1.29, 1.82) is 0 Å². The minimum atomic E-state index is -0.122. The minimum Gasteiger partial charge on any atom is -0.497 e. The van der Waals surface area contributed by atoms with E-state index in [1.165, 1.54) is 23.1 Å². The molecule has 0 atom stereocenters. The molecule has 2 amide bonds. The molecule has 1 aromatic heterocycles. The number of methoxy groups -OCH3 is 3. The number of rotatable bonds is 13. The van der Waals surface area contributed by atoms with E-state index in [-0.39, 0.29) is 24.0 Å². The monoisotopic (exact) mass is 453 g/mol. The molecule has 1 N–H and O–H groups in total. The number of anilines is 1. The number of hydrogen-bond donors (Lipinski definition) is 1. The summed E-state index contributed by atoms with van der Waals surface area (Å²) >= 11 is 2.77. The molecule has 30 heavy (non-hydrogen) atoms. The fourth-order valence-electron chi connectivity index (χ4n) is 2.47. The lowest BCUT2D eigenvalue weighted by molar-refractivity contribution is -0.131. The van der Waals surface area contributed by atoms with Crippen molar-refractivity contribution in [2.75, 3.05) is 58.7 Å². The van der Waals surface area contributed by atoms with Crippen molar-refractivity contribution in [1.82, 2.24) is 9.88 Å². The Morgan fingerprint density at radius 3 is 2.37 bits per heavy atom. The highest BCUT2D eigenvalue weighted by atomic mass is 32.2. The Bertz CT molecular complexity index is 790. The quantitative estimate of drug-likeness (QED) is 0.466. The fraction of sp³-hybridized carbons (Fsp3) is 0.450. The largest absolute Gasteiger partial charge is 0.497 e. The van der Waals surface area contributed by atoms with Crippen LogP contribution in [0, 0.1) is 0 Å². The molecule has 0 fully saturated rings. The van der Waals surface area contributed by atoms with Gasteiger partial charge in [0.15, 0.2) is 4.34 Å². The molecular weight excluding hydrogens is 426 g/mol. The fourth-order valence-corrected chi connectivity index (χ4v) is 4.11. The number of hydrogen-bond acceptors (Lipinski definition) is 8. The Kier molecular flexibility index (Phi) is 10.6. The van der Waals surface area contributed by atoms with Crippen LogP contribution in [0.4, 0.5) is 5.69 Å². The average Bonchev–Trinajstić information content (AvgIpc) is 3.20. The van der Waals surface area contributed by atoms with Gasteiger partial charge in [-0.15, -0.1) is 11.3 Å². The van der Waals surface area contributed by atoms with Gasteiger partial charge < -0.3 is 24.4 Å². The normalized spacial score (nSPS) is 10.6. The molecular formula is C20H27N3O5S2. The first kappa shape index (κ1) is 24.1. The molecule has 2 aromatic rings. The summed E-state index contributed by atoms with van der Waals surface area (Å²) in [4.78, 5) is 30.9. The number of nitrogens with one attached hydrogen (secondary N) is 1. The van der Waals surface area contributed by atoms with E-state index in [0.717, 1.165) is 10.1 Å². The predicted octanol–water partition coefficient (Wildman–Crippen LogP) is 2.55. The second kappa shape index (κ2) is 13.2. The third kappa shape index (κ3) is 8.31. The summed E-state index contributed by atoms with van der Waals surface area (Å²) in [5, 5.41) is 4.69. The van der Waals surface area contributed by atoms with E-state index in [9.17, 15) is 9.59 Å². The third-order valence-corrected chi connectivity index (χ3v) is 6.12. The molecule has 0 radical (unpaired) electrons. The van der Waals surface area contributed by atoms with Crippen molar-refractivity contribution in [2.24, 2.45) is 0 Å². The molecule has 0 saturated heterocycles. The summed E-state index contributed by atoms with van der Waals surface area (Å²) in [6.07, 6.45) is 0.211. The van der Waals surface area contributed by atoms with Crippen LogP contribution in [0.5, 0.6) is 5.75 Å². The number of carbonyl (C=O) groups excluding carboxylic acids is 2. The minimum absolute atomic E-state index is 0.0248. The van der Waals surface area contributed by atoms with Crippen molar-refractivity contribution >= 4 is 40.6 Å². The van der Waals surface area contributed by atoms with Crippen LogP contribution in [-0.2, 0) is 25.5 Å². The number of aromatic nitrogens is 1. The zero-order valence-corrected chi connectivity index (χ0v) is 19.0. The van der Waals surface area contributed by atoms with Crippen molar-refractivity contribution in [3.05, 3.63) is 35.3 Å². The number of benzene rings is 1. The van der Waals surface area contributed by atoms with Gasteiger partial charge in [-0.25, -0.2) is 4.98 Å². The van der Waals surface area contributed by atoms with E-state index >= 15 is 0 Å². The van der Waals surface area contributed by atoms with Crippen molar-refractivity contribution in [3.8, 4) is 5.75 Å². The molecule has 0 aliphatic rings. The number of carbonyl (C=O) groups is 2. The van der Waals surface area contributed by atoms with Gasteiger partial charge in [-0.3, -0.25) is 9.59 Å². The van der Waals surface area contributed by atoms with Crippen LogP contribution in [0.1, 0.15) is 5.69 Å². The lowest BCUT2D eigenvalue weighted by Gasteiger charge is -2.21. The molecule has 0 unspecified atom stereocenters. The second-order valence-corrected chi connectivity index (χ2v) is 8.29. The summed E-state index contributed by atoms with van der Waals surface area (Å²) in [7, 11) is 4.80. The van der Waals surface area contributed by atoms with Crippen LogP contribution in [0.25, 0.3) is 0 Å². The summed E-state index contributed by atoms with van der Waals surface area (Å²) in [6, 6.07) is 7.14. The van der Waals surface area contributed by atoms with E-state index in [1.54, 1.807) is 50.5 Å². The maximum atomic E-state index is 12.5. The van der Waals surface area contributed by atoms with Gasteiger partial charge in [0.2, 0.25) is 11.8 Å². The first-order chi connectivity index (χ1) is 14.5. The van der Waals surface area contributed by atoms with Gasteiger partial charge in [0.1, 0.15) is 5.75 Å². The molecule has 8 nitrogen and oxygen atoms in total. The summed E-state index contributed by atoms with van der Waals surface area (Å²) in [6.45, 7) is 1.96. The second-order valence-electron chi connectivity index (χ2n) is 6.21. The van der Waals surface area contributed by atoms with Crippen molar-refractivity contribution in [2.45, 2.75) is 10.8 Å². The summed E-state index contributed by atoms with van der Waals surface area (Å²) in [5.74, 6) is 0.822. The average molecular weight is 454 g/mol. The highest BCUT2D eigenvalue weighted by Gasteiger charge is 2.16. The lowest BCUT2D eigenvalue weighted by atomic mass is 10.3. The van der Waals surface area contributed by atoms with Gasteiger partial charge in [0.05, 0.1) is 38.2 Å². The highest BCUT2D eigenvalue weighted by Crippen LogP contribution is 2.23. The van der Waals surface area contributed by atoms with Crippen LogP contribution in [0.15, 0.2) is 34.0 Å². The number of amides is 2.